The van der Waals surface area contributed by atoms with Crippen molar-refractivity contribution in [1.29, 1.82) is 0 Å². The normalized spacial score (nSPS) is 22.7. The number of aromatic nitrogens is 5. The van der Waals surface area contributed by atoms with Gasteiger partial charge >= 0.3 is 6.18 Å². The Hall–Kier alpha value is -4.72. The number of nitrogens with one attached hydrogen (secondary N) is 1. The molecule has 3 aliphatic rings. The lowest BCUT2D eigenvalue weighted by atomic mass is 9.95. The van der Waals surface area contributed by atoms with Crippen LogP contribution in [-0.2, 0) is 33.5 Å². The Morgan fingerprint density at radius 2 is 1.80 bits per heavy atom. The van der Waals surface area contributed by atoms with Crippen LogP contribution in [-0.4, -0.2) is 78.9 Å². The summed E-state index contributed by atoms with van der Waals surface area (Å²) >= 11 is 0. The van der Waals surface area contributed by atoms with Crippen molar-refractivity contribution in [1.82, 2.24) is 29.6 Å². The number of ketones is 2. The van der Waals surface area contributed by atoms with Gasteiger partial charge in [0.1, 0.15) is 23.8 Å². The first kappa shape index (κ1) is 34.7. The van der Waals surface area contributed by atoms with E-state index in [9.17, 15) is 27.6 Å². The average molecular weight is 704 g/mol. The van der Waals surface area contributed by atoms with Crippen molar-refractivity contribution in [3.8, 4) is 11.1 Å². The van der Waals surface area contributed by atoms with E-state index in [4.69, 9.17) is 4.74 Å². The van der Waals surface area contributed by atoms with Gasteiger partial charge in [-0.3, -0.25) is 19.1 Å². The minimum absolute atomic E-state index is 0.0391. The minimum atomic E-state index is -4.65. The molecule has 51 heavy (non-hydrogen) atoms. The van der Waals surface area contributed by atoms with Crippen LogP contribution in [0.1, 0.15) is 78.7 Å². The lowest BCUT2D eigenvalue weighted by molar-refractivity contribution is -0.141. The van der Waals surface area contributed by atoms with Gasteiger partial charge in [0.15, 0.2) is 11.6 Å². The van der Waals surface area contributed by atoms with Crippen molar-refractivity contribution in [2.45, 2.75) is 90.5 Å². The number of halogens is 3. The highest BCUT2D eigenvalue weighted by Gasteiger charge is 2.67. The van der Waals surface area contributed by atoms with Crippen LogP contribution in [0.2, 0.25) is 0 Å². The summed E-state index contributed by atoms with van der Waals surface area (Å²) in [5.74, 6) is -0.380. The van der Waals surface area contributed by atoms with Gasteiger partial charge in [0.05, 0.1) is 36.0 Å². The van der Waals surface area contributed by atoms with Gasteiger partial charge in [-0.15, -0.1) is 0 Å². The second-order valence-electron chi connectivity index (χ2n) is 14.1. The molecule has 3 aromatic heterocycles. The van der Waals surface area contributed by atoms with Crippen LogP contribution in [0.25, 0.3) is 22.0 Å². The first-order valence-corrected chi connectivity index (χ1v) is 17.4. The standard InChI is InChI=1S/C37H40F3N7O4/c1-21-8-9-31(37(38,39)40)44-27(21)14-30(49)29-15-36-16-32(36)47(29)33(50)19-46-35-26(34(45-46)22(2)48)12-24(25-17-42-23(3)43-18-25)13-28(35)41-10-6-4-5-7-11-51-20-36/h8-9,12-13,17-18,29,32,41H,4-7,10-11,14-16,19-20H2,1-3H3/t29-,32+,36-/m0/s1. The van der Waals surface area contributed by atoms with E-state index in [0.717, 1.165) is 42.9 Å². The van der Waals surface area contributed by atoms with Crippen LogP contribution in [0, 0.1) is 19.3 Å². The number of rotatable bonds is 5. The van der Waals surface area contributed by atoms with Crippen LogP contribution in [0.15, 0.2) is 36.7 Å². The van der Waals surface area contributed by atoms with E-state index in [0.29, 0.717) is 60.6 Å². The molecule has 1 N–H and O–H groups in total. The molecule has 1 aromatic carbocycles. The summed E-state index contributed by atoms with van der Waals surface area (Å²) in [7, 11) is 0. The van der Waals surface area contributed by atoms with Gasteiger partial charge in [-0.1, -0.05) is 18.9 Å². The summed E-state index contributed by atoms with van der Waals surface area (Å²) in [5.41, 5.74) is 2.07. The smallest absolute Gasteiger partial charge is 0.383 e. The maximum atomic E-state index is 14.4. The summed E-state index contributed by atoms with van der Waals surface area (Å²) in [4.78, 5) is 55.4. The third-order valence-electron chi connectivity index (χ3n) is 10.4. The third kappa shape index (κ3) is 6.85. The van der Waals surface area contributed by atoms with E-state index in [1.54, 1.807) is 31.1 Å². The number of hydrogen-bond acceptors (Lipinski definition) is 9. The molecule has 11 nitrogen and oxygen atoms in total. The van der Waals surface area contributed by atoms with E-state index in [2.05, 4.69) is 25.4 Å². The Morgan fingerprint density at radius 1 is 1.04 bits per heavy atom. The van der Waals surface area contributed by atoms with Gasteiger partial charge in [-0.05, 0) is 68.9 Å². The highest BCUT2D eigenvalue weighted by atomic mass is 19.4. The summed E-state index contributed by atoms with van der Waals surface area (Å²) in [6, 6.07) is 4.90. The number of amides is 1. The third-order valence-corrected chi connectivity index (χ3v) is 10.4. The molecule has 1 amide bonds. The van der Waals surface area contributed by atoms with Crippen molar-refractivity contribution in [3.63, 3.8) is 0 Å². The Balaban J connectivity index is 1.27. The Kier molecular flexibility index (Phi) is 9.15. The number of pyridine rings is 1. The summed E-state index contributed by atoms with van der Waals surface area (Å²) in [6.07, 6.45) is 3.18. The molecule has 0 radical (unpaired) electrons. The second kappa shape index (κ2) is 13.4. The Labute approximate surface area is 293 Å². The van der Waals surface area contributed by atoms with Crippen LogP contribution < -0.4 is 5.32 Å². The molecule has 0 unspecified atom stereocenters. The molecule has 268 valence electrons. The SMILES string of the molecule is CC(=O)c1nn2c3c(cc(-c4cnc(C)nc4)cc13)NCCCCCCOC[C@@]13C[C@@H](C(=O)Cc4nc(C(F)(F)F)ccc4C)N(C(=O)C2)[C@@H]1C3. The molecule has 5 heterocycles. The molecular formula is C37H40F3N7O4. The lowest BCUT2D eigenvalue weighted by Gasteiger charge is -2.27. The van der Waals surface area contributed by atoms with Gasteiger partial charge < -0.3 is 15.0 Å². The number of carbonyl (C=O) groups is 3. The maximum absolute atomic E-state index is 14.4. The molecule has 7 rings (SSSR count). The zero-order valence-corrected chi connectivity index (χ0v) is 28.8. The number of carbonyl (C=O) groups excluding carboxylic acids is 3. The topological polar surface area (TPSA) is 132 Å². The predicted octanol–water partition coefficient (Wildman–Crippen LogP) is 5.90. The number of anilines is 1. The Bertz CT molecular complexity index is 2010. The van der Waals surface area contributed by atoms with Crippen LogP contribution >= 0.6 is 0 Å². The van der Waals surface area contributed by atoms with Gasteiger partial charge in [-0.2, -0.15) is 18.3 Å². The molecule has 1 saturated heterocycles. The van der Waals surface area contributed by atoms with Crippen LogP contribution in [0.4, 0.5) is 18.9 Å². The van der Waals surface area contributed by atoms with Crippen LogP contribution in [0.5, 0.6) is 0 Å². The molecule has 2 bridgehead atoms. The highest BCUT2D eigenvalue weighted by molar-refractivity contribution is 6.09. The number of aryl methyl sites for hydroxylation is 2. The fourth-order valence-corrected chi connectivity index (χ4v) is 7.59. The number of benzene rings is 1. The minimum Gasteiger partial charge on any atom is -0.383 e. The van der Waals surface area contributed by atoms with E-state index in [-0.39, 0.29) is 47.9 Å². The fraction of sp³-hybridized carbons (Fsp3) is 0.486. The molecule has 4 aromatic rings. The van der Waals surface area contributed by atoms with E-state index in [1.165, 1.54) is 17.7 Å². The molecule has 0 spiro atoms. The van der Waals surface area contributed by atoms with Gasteiger partial charge in [0.25, 0.3) is 0 Å². The first-order chi connectivity index (χ1) is 24.3. The van der Waals surface area contributed by atoms with E-state index < -0.39 is 23.3 Å². The molecule has 1 aliphatic carbocycles. The zero-order valence-electron chi connectivity index (χ0n) is 28.8. The van der Waals surface area contributed by atoms with E-state index in [1.807, 2.05) is 12.1 Å². The Morgan fingerprint density at radius 3 is 2.55 bits per heavy atom. The number of nitrogens with zero attached hydrogens (tertiary/aromatic N) is 6. The van der Waals surface area contributed by atoms with Gasteiger partial charge in [-0.25, -0.2) is 15.0 Å². The monoisotopic (exact) mass is 703 g/mol. The second-order valence-corrected chi connectivity index (χ2v) is 14.1. The molecular weight excluding hydrogens is 663 g/mol. The number of alkyl halides is 3. The van der Waals surface area contributed by atoms with Crippen molar-refractivity contribution < 1.29 is 32.3 Å². The molecule has 2 fully saturated rings. The molecule has 14 heteroatoms. The quantitative estimate of drug-likeness (QED) is 0.253. The van der Waals surface area contributed by atoms with Crippen molar-refractivity contribution in [3.05, 3.63) is 65.1 Å². The largest absolute Gasteiger partial charge is 0.433 e. The number of Topliss-reactive ketones (excluding diaryl/α,β-unsaturated/α-hetero) is 2. The first-order valence-electron chi connectivity index (χ1n) is 17.4. The summed E-state index contributed by atoms with van der Waals surface area (Å²) in [6.45, 7) is 6.20. The van der Waals surface area contributed by atoms with Crippen LogP contribution in [0.3, 0.4) is 0 Å². The fourth-order valence-electron chi connectivity index (χ4n) is 7.59. The number of piperidine rings is 1. The van der Waals surface area contributed by atoms with Gasteiger partial charge in [0, 0.05) is 54.9 Å². The summed E-state index contributed by atoms with van der Waals surface area (Å²) < 4.78 is 48.2. The highest BCUT2D eigenvalue weighted by Crippen LogP contribution is 2.60. The predicted molar refractivity (Wildman–Crippen MR) is 182 cm³/mol. The van der Waals surface area contributed by atoms with Gasteiger partial charge in [0.2, 0.25) is 5.91 Å². The van der Waals surface area contributed by atoms with Crippen molar-refractivity contribution in [2.75, 3.05) is 25.1 Å². The lowest BCUT2D eigenvalue weighted by Crippen LogP contribution is -2.45. The zero-order chi connectivity index (χ0) is 36.1. The van der Waals surface area contributed by atoms with Crippen molar-refractivity contribution >= 4 is 34.1 Å². The number of hydrogen-bond donors (Lipinski definition) is 1. The number of ether oxygens (including phenoxy) is 1. The van der Waals surface area contributed by atoms with Crippen molar-refractivity contribution in [2.24, 2.45) is 5.41 Å². The maximum Gasteiger partial charge on any atom is 0.433 e. The summed E-state index contributed by atoms with van der Waals surface area (Å²) in [5, 5.41) is 8.76. The average Bonchev–Trinajstić information content (AvgIpc) is 3.48. The molecule has 2 aliphatic heterocycles. The molecule has 3 atom stereocenters. The molecule has 1 saturated carbocycles. The van der Waals surface area contributed by atoms with E-state index >= 15 is 0 Å².